The van der Waals surface area contributed by atoms with Crippen molar-refractivity contribution in [1.29, 1.82) is 0 Å². The van der Waals surface area contributed by atoms with E-state index in [1.165, 1.54) is 25.7 Å². The Morgan fingerprint density at radius 2 is 2.11 bits per heavy atom. The Morgan fingerprint density at radius 1 is 1.39 bits per heavy atom. The molecule has 4 heteroatoms. The van der Waals surface area contributed by atoms with Crippen LogP contribution in [0.5, 0.6) is 0 Å². The maximum atomic E-state index is 5.53. The maximum absolute atomic E-state index is 5.53. The zero-order chi connectivity index (χ0) is 13.0. The smallest absolute Gasteiger partial charge is 0.131 e. The third-order valence-corrected chi connectivity index (χ3v) is 3.56. The lowest BCUT2D eigenvalue weighted by atomic mass is 10.1. The molecule has 2 rings (SSSR count). The van der Waals surface area contributed by atoms with Gasteiger partial charge in [-0.25, -0.2) is 9.97 Å². The van der Waals surface area contributed by atoms with Crippen molar-refractivity contribution in [2.45, 2.75) is 51.4 Å². The van der Waals surface area contributed by atoms with E-state index in [0.717, 1.165) is 23.8 Å². The van der Waals surface area contributed by atoms with Crippen LogP contribution >= 0.6 is 0 Å². The summed E-state index contributed by atoms with van der Waals surface area (Å²) in [6.07, 6.45) is 7.06. The highest BCUT2D eigenvalue weighted by Gasteiger charge is 2.21. The molecule has 0 amide bonds. The number of nitrogens with two attached hydrogens (primary N) is 1. The molecule has 18 heavy (non-hydrogen) atoms. The van der Waals surface area contributed by atoms with Gasteiger partial charge in [-0.1, -0.05) is 26.7 Å². The molecule has 4 nitrogen and oxygen atoms in total. The highest BCUT2D eigenvalue weighted by Crippen LogP contribution is 2.33. The molecule has 1 saturated carbocycles. The van der Waals surface area contributed by atoms with Crippen LogP contribution in [0.1, 0.15) is 62.9 Å². The number of nitrogens with zero attached hydrogens (tertiary/aromatic N) is 2. The number of hydrogen-bond donors (Lipinski definition) is 2. The predicted octanol–water partition coefficient (Wildman–Crippen LogP) is 2.63. The van der Waals surface area contributed by atoms with Gasteiger partial charge in [0, 0.05) is 19.0 Å². The highest BCUT2D eigenvalue weighted by atomic mass is 15.0. The van der Waals surface area contributed by atoms with E-state index in [1.54, 1.807) is 0 Å². The Bertz CT molecular complexity index is 383. The van der Waals surface area contributed by atoms with Crippen molar-refractivity contribution in [2.75, 3.05) is 18.4 Å². The number of hydrogen-bond acceptors (Lipinski definition) is 4. The molecule has 1 heterocycles. The second-order valence-electron chi connectivity index (χ2n) is 5.38. The Balaban J connectivity index is 2.21. The zero-order valence-corrected chi connectivity index (χ0v) is 11.4. The maximum Gasteiger partial charge on any atom is 0.131 e. The summed E-state index contributed by atoms with van der Waals surface area (Å²) >= 11 is 0. The SMILES string of the molecule is CC(C)c1nc(C2CCCC2)ncc1NCCN. The minimum atomic E-state index is 0.411. The Kier molecular flexibility index (Phi) is 4.53. The normalized spacial score (nSPS) is 16.4. The molecule has 0 saturated heterocycles. The second-order valence-corrected chi connectivity index (χ2v) is 5.38. The Morgan fingerprint density at radius 3 is 2.72 bits per heavy atom. The minimum Gasteiger partial charge on any atom is -0.381 e. The van der Waals surface area contributed by atoms with Gasteiger partial charge in [-0.15, -0.1) is 0 Å². The van der Waals surface area contributed by atoms with Crippen LogP contribution in [0.2, 0.25) is 0 Å². The summed E-state index contributed by atoms with van der Waals surface area (Å²) in [4.78, 5) is 9.33. The van der Waals surface area contributed by atoms with E-state index in [9.17, 15) is 0 Å². The quantitative estimate of drug-likeness (QED) is 0.840. The fraction of sp³-hybridized carbons (Fsp3) is 0.714. The fourth-order valence-corrected chi connectivity index (χ4v) is 2.57. The predicted molar refractivity (Wildman–Crippen MR) is 74.9 cm³/mol. The molecule has 1 aromatic heterocycles. The van der Waals surface area contributed by atoms with Crippen molar-refractivity contribution < 1.29 is 0 Å². The van der Waals surface area contributed by atoms with Crippen LogP contribution in [0.25, 0.3) is 0 Å². The second kappa shape index (κ2) is 6.14. The van der Waals surface area contributed by atoms with Crippen molar-refractivity contribution in [1.82, 2.24) is 9.97 Å². The summed E-state index contributed by atoms with van der Waals surface area (Å²) < 4.78 is 0. The van der Waals surface area contributed by atoms with Crippen LogP contribution < -0.4 is 11.1 Å². The van der Waals surface area contributed by atoms with Crippen LogP contribution in [-0.4, -0.2) is 23.1 Å². The molecule has 1 aromatic rings. The third kappa shape index (κ3) is 2.99. The van der Waals surface area contributed by atoms with Gasteiger partial charge >= 0.3 is 0 Å². The van der Waals surface area contributed by atoms with Crippen LogP contribution in [0.3, 0.4) is 0 Å². The lowest BCUT2D eigenvalue weighted by Crippen LogP contribution is -2.16. The molecule has 100 valence electrons. The Hall–Kier alpha value is -1.16. The van der Waals surface area contributed by atoms with E-state index < -0.39 is 0 Å². The van der Waals surface area contributed by atoms with Crippen LogP contribution in [0.15, 0.2) is 6.20 Å². The van der Waals surface area contributed by atoms with Gasteiger partial charge in [0.15, 0.2) is 0 Å². The molecule has 1 aliphatic rings. The summed E-state index contributed by atoms with van der Waals surface area (Å²) in [6, 6.07) is 0. The van der Waals surface area contributed by atoms with E-state index in [0.29, 0.717) is 18.4 Å². The zero-order valence-electron chi connectivity index (χ0n) is 11.4. The lowest BCUT2D eigenvalue weighted by Gasteiger charge is -2.16. The average molecular weight is 248 g/mol. The van der Waals surface area contributed by atoms with Gasteiger partial charge < -0.3 is 11.1 Å². The van der Waals surface area contributed by atoms with Crippen LogP contribution in [-0.2, 0) is 0 Å². The topological polar surface area (TPSA) is 63.8 Å². The van der Waals surface area contributed by atoms with Crippen molar-refractivity contribution in [2.24, 2.45) is 5.73 Å². The molecule has 0 radical (unpaired) electrons. The molecule has 0 aliphatic heterocycles. The van der Waals surface area contributed by atoms with E-state index in [2.05, 4.69) is 24.1 Å². The molecule has 0 atom stereocenters. The Labute approximate surface area is 109 Å². The first kappa shape index (κ1) is 13.3. The lowest BCUT2D eigenvalue weighted by molar-refractivity contribution is 0.653. The first-order valence-corrected chi connectivity index (χ1v) is 7.03. The molecule has 1 fully saturated rings. The van der Waals surface area contributed by atoms with E-state index in [1.807, 2.05) is 6.20 Å². The number of nitrogens with one attached hydrogen (secondary N) is 1. The van der Waals surface area contributed by atoms with Crippen molar-refractivity contribution in [3.8, 4) is 0 Å². The van der Waals surface area contributed by atoms with Crippen molar-refractivity contribution in [3.63, 3.8) is 0 Å². The summed E-state index contributed by atoms with van der Waals surface area (Å²) in [5, 5.41) is 3.31. The molecule has 3 N–H and O–H groups in total. The van der Waals surface area contributed by atoms with E-state index >= 15 is 0 Å². The fourth-order valence-electron chi connectivity index (χ4n) is 2.57. The molecule has 1 aliphatic carbocycles. The van der Waals surface area contributed by atoms with Crippen LogP contribution in [0, 0.1) is 0 Å². The van der Waals surface area contributed by atoms with E-state index in [4.69, 9.17) is 10.7 Å². The summed E-state index contributed by atoms with van der Waals surface area (Å²) in [7, 11) is 0. The van der Waals surface area contributed by atoms with Gasteiger partial charge in [0.05, 0.1) is 17.6 Å². The summed E-state index contributed by atoms with van der Waals surface area (Å²) in [5.41, 5.74) is 7.69. The van der Waals surface area contributed by atoms with Crippen molar-refractivity contribution >= 4 is 5.69 Å². The molecule has 0 aromatic carbocycles. The van der Waals surface area contributed by atoms with Gasteiger partial charge in [0.2, 0.25) is 0 Å². The van der Waals surface area contributed by atoms with E-state index in [-0.39, 0.29) is 0 Å². The summed E-state index contributed by atoms with van der Waals surface area (Å²) in [5.74, 6) is 2.02. The first-order chi connectivity index (χ1) is 8.72. The number of aromatic nitrogens is 2. The minimum absolute atomic E-state index is 0.411. The number of rotatable bonds is 5. The first-order valence-electron chi connectivity index (χ1n) is 7.03. The van der Waals surface area contributed by atoms with Gasteiger partial charge in [0.1, 0.15) is 5.82 Å². The molecule has 0 bridgehead atoms. The average Bonchev–Trinajstić information content (AvgIpc) is 2.90. The van der Waals surface area contributed by atoms with Gasteiger partial charge in [0.25, 0.3) is 0 Å². The largest absolute Gasteiger partial charge is 0.381 e. The van der Waals surface area contributed by atoms with Crippen LogP contribution in [0.4, 0.5) is 5.69 Å². The van der Waals surface area contributed by atoms with Gasteiger partial charge in [-0.2, -0.15) is 0 Å². The molecular formula is C14H24N4. The number of anilines is 1. The third-order valence-electron chi connectivity index (χ3n) is 3.56. The summed E-state index contributed by atoms with van der Waals surface area (Å²) in [6.45, 7) is 5.75. The van der Waals surface area contributed by atoms with Gasteiger partial charge in [-0.3, -0.25) is 0 Å². The highest BCUT2D eigenvalue weighted by molar-refractivity contribution is 5.47. The monoisotopic (exact) mass is 248 g/mol. The standard InChI is InChI=1S/C14H24N4/c1-10(2)13-12(16-8-7-15)9-17-14(18-13)11-5-3-4-6-11/h9-11,16H,3-8,15H2,1-2H3. The van der Waals surface area contributed by atoms with Crippen molar-refractivity contribution in [3.05, 3.63) is 17.7 Å². The molecule has 0 spiro atoms. The van der Waals surface area contributed by atoms with Gasteiger partial charge in [-0.05, 0) is 18.8 Å². The molecular weight excluding hydrogens is 224 g/mol. The molecule has 0 unspecified atom stereocenters.